The quantitative estimate of drug-likeness (QED) is 0.850. The molecule has 2 rings (SSSR count). The summed E-state index contributed by atoms with van der Waals surface area (Å²) in [6.07, 6.45) is 1.60. The van der Waals surface area contributed by atoms with Crippen molar-refractivity contribution in [1.29, 1.82) is 0 Å². The van der Waals surface area contributed by atoms with Gasteiger partial charge in [-0.15, -0.1) is 0 Å². The third kappa shape index (κ3) is 2.91. The molecule has 0 saturated carbocycles. The van der Waals surface area contributed by atoms with Crippen LogP contribution in [0.5, 0.6) is 0 Å². The van der Waals surface area contributed by atoms with Crippen molar-refractivity contribution in [1.82, 2.24) is 4.98 Å². The molecule has 0 aliphatic heterocycles. The number of aryl methyl sites for hydroxylation is 2. The number of anilines is 2. The zero-order valence-electron chi connectivity index (χ0n) is 11.6. The highest BCUT2D eigenvalue weighted by Gasteiger charge is 2.16. The fourth-order valence-electron chi connectivity index (χ4n) is 1.73. The van der Waals surface area contributed by atoms with Crippen molar-refractivity contribution in [3.8, 4) is 0 Å². The maximum atomic E-state index is 12.3. The van der Waals surface area contributed by atoms with E-state index in [1.807, 2.05) is 20.8 Å². The number of aromatic nitrogens is 1. The van der Waals surface area contributed by atoms with E-state index in [2.05, 4.69) is 9.71 Å². The van der Waals surface area contributed by atoms with Crippen LogP contribution in [0.3, 0.4) is 0 Å². The number of nitrogens with two attached hydrogens (primary N) is 1. The number of hydrogen-bond donors (Lipinski definition) is 2. The molecule has 106 valence electrons. The predicted molar refractivity (Wildman–Crippen MR) is 80.1 cm³/mol. The van der Waals surface area contributed by atoms with Crippen molar-refractivity contribution in [2.75, 3.05) is 10.5 Å². The molecule has 1 aromatic heterocycles. The van der Waals surface area contributed by atoms with Crippen LogP contribution in [0, 0.1) is 20.8 Å². The second kappa shape index (κ2) is 5.13. The van der Waals surface area contributed by atoms with Crippen molar-refractivity contribution >= 4 is 21.5 Å². The predicted octanol–water partition coefficient (Wildman–Crippen LogP) is 2.39. The van der Waals surface area contributed by atoms with Crippen molar-refractivity contribution in [2.45, 2.75) is 25.7 Å². The third-order valence-electron chi connectivity index (χ3n) is 3.14. The second-order valence-electron chi connectivity index (χ2n) is 4.78. The molecule has 0 radical (unpaired) electrons. The van der Waals surface area contributed by atoms with Gasteiger partial charge in [0.2, 0.25) is 0 Å². The van der Waals surface area contributed by atoms with Crippen LogP contribution in [-0.2, 0) is 10.0 Å². The molecule has 0 bridgehead atoms. The summed E-state index contributed by atoms with van der Waals surface area (Å²) < 4.78 is 27.0. The van der Waals surface area contributed by atoms with Crippen LogP contribution in [-0.4, -0.2) is 13.4 Å². The van der Waals surface area contributed by atoms with E-state index in [0.717, 1.165) is 16.7 Å². The number of nitrogen functional groups attached to an aromatic ring is 1. The molecule has 1 heterocycles. The smallest absolute Gasteiger partial charge is 0.263 e. The summed E-state index contributed by atoms with van der Waals surface area (Å²) in [5.41, 5.74) is 8.97. The monoisotopic (exact) mass is 291 g/mol. The molecule has 5 nitrogen and oxygen atoms in total. The van der Waals surface area contributed by atoms with E-state index in [1.54, 1.807) is 24.4 Å². The second-order valence-corrected chi connectivity index (χ2v) is 6.46. The molecule has 6 heteroatoms. The third-order valence-corrected chi connectivity index (χ3v) is 4.48. The van der Waals surface area contributed by atoms with E-state index in [1.165, 1.54) is 6.07 Å². The van der Waals surface area contributed by atoms with Gasteiger partial charge in [0, 0.05) is 11.9 Å². The van der Waals surface area contributed by atoms with E-state index in [4.69, 9.17) is 5.73 Å². The molecular weight excluding hydrogens is 274 g/mol. The Balaban J connectivity index is 2.38. The fraction of sp³-hybridized carbons (Fsp3) is 0.214. The van der Waals surface area contributed by atoms with Gasteiger partial charge in [0.1, 0.15) is 5.82 Å². The van der Waals surface area contributed by atoms with Gasteiger partial charge in [0.05, 0.1) is 4.90 Å². The Morgan fingerprint density at radius 3 is 2.40 bits per heavy atom. The molecule has 0 atom stereocenters. The maximum absolute atomic E-state index is 12.3. The van der Waals surface area contributed by atoms with Crippen molar-refractivity contribution in [3.63, 3.8) is 0 Å². The van der Waals surface area contributed by atoms with Crippen molar-refractivity contribution in [2.24, 2.45) is 0 Å². The molecule has 0 unspecified atom stereocenters. The topological polar surface area (TPSA) is 85.1 Å². The van der Waals surface area contributed by atoms with Gasteiger partial charge in [-0.25, -0.2) is 13.4 Å². The van der Waals surface area contributed by atoms with Gasteiger partial charge in [0.15, 0.2) is 0 Å². The van der Waals surface area contributed by atoms with Crippen LogP contribution >= 0.6 is 0 Å². The first-order valence-corrected chi connectivity index (χ1v) is 7.60. The van der Waals surface area contributed by atoms with Crippen LogP contribution in [0.2, 0.25) is 0 Å². The molecule has 0 aliphatic rings. The van der Waals surface area contributed by atoms with Gasteiger partial charge < -0.3 is 5.73 Å². The van der Waals surface area contributed by atoms with E-state index < -0.39 is 10.0 Å². The van der Waals surface area contributed by atoms with Crippen LogP contribution < -0.4 is 10.5 Å². The first-order chi connectivity index (χ1) is 9.29. The lowest BCUT2D eigenvalue weighted by atomic mass is 10.1. The summed E-state index contributed by atoms with van der Waals surface area (Å²) in [5.74, 6) is 0.285. The number of nitrogens with zero attached hydrogens (tertiary/aromatic N) is 1. The Bertz CT molecular complexity index is 715. The zero-order valence-corrected chi connectivity index (χ0v) is 12.5. The Hall–Kier alpha value is -2.08. The van der Waals surface area contributed by atoms with Crippen LogP contribution in [0.25, 0.3) is 0 Å². The summed E-state index contributed by atoms with van der Waals surface area (Å²) in [6, 6.07) is 6.47. The van der Waals surface area contributed by atoms with E-state index in [9.17, 15) is 8.42 Å². The fourth-order valence-corrected chi connectivity index (χ4v) is 2.86. The zero-order chi connectivity index (χ0) is 14.9. The van der Waals surface area contributed by atoms with Gasteiger partial charge in [0.25, 0.3) is 10.0 Å². The SMILES string of the molecule is Cc1ccc(NS(=O)(=O)c2cc(C)c(C)c(N)c2)nc1. The molecule has 0 saturated heterocycles. The summed E-state index contributed by atoms with van der Waals surface area (Å²) in [6.45, 7) is 5.57. The first-order valence-electron chi connectivity index (χ1n) is 6.12. The number of sulfonamides is 1. The van der Waals surface area contributed by atoms with Gasteiger partial charge in [-0.2, -0.15) is 0 Å². The van der Waals surface area contributed by atoms with Crippen molar-refractivity contribution < 1.29 is 8.42 Å². The molecule has 0 amide bonds. The van der Waals surface area contributed by atoms with Gasteiger partial charge in [-0.05, 0) is 55.7 Å². The molecule has 0 aliphatic carbocycles. The van der Waals surface area contributed by atoms with Gasteiger partial charge in [-0.1, -0.05) is 6.07 Å². The minimum absolute atomic E-state index is 0.139. The van der Waals surface area contributed by atoms with E-state index >= 15 is 0 Å². The largest absolute Gasteiger partial charge is 0.398 e. The van der Waals surface area contributed by atoms with Crippen molar-refractivity contribution in [3.05, 3.63) is 47.2 Å². The Labute approximate surface area is 118 Å². The first kappa shape index (κ1) is 14.3. The average Bonchev–Trinajstić information content (AvgIpc) is 2.38. The van der Waals surface area contributed by atoms with E-state index in [-0.39, 0.29) is 10.7 Å². The highest BCUT2D eigenvalue weighted by atomic mass is 32.2. The number of rotatable bonds is 3. The van der Waals surface area contributed by atoms with Gasteiger partial charge >= 0.3 is 0 Å². The number of benzene rings is 1. The van der Waals surface area contributed by atoms with E-state index in [0.29, 0.717) is 5.69 Å². The Morgan fingerprint density at radius 1 is 1.15 bits per heavy atom. The Morgan fingerprint density at radius 2 is 1.85 bits per heavy atom. The summed E-state index contributed by atoms with van der Waals surface area (Å²) in [7, 11) is -3.68. The Kier molecular flexibility index (Phi) is 3.67. The number of hydrogen-bond acceptors (Lipinski definition) is 4. The van der Waals surface area contributed by atoms with Gasteiger partial charge in [-0.3, -0.25) is 4.72 Å². The maximum Gasteiger partial charge on any atom is 0.263 e. The summed E-state index contributed by atoms with van der Waals surface area (Å²) in [5, 5.41) is 0. The molecule has 0 fully saturated rings. The molecule has 1 aromatic carbocycles. The molecule has 20 heavy (non-hydrogen) atoms. The summed E-state index contributed by atoms with van der Waals surface area (Å²) in [4.78, 5) is 4.17. The van der Waals surface area contributed by atoms with Crippen LogP contribution in [0.1, 0.15) is 16.7 Å². The van der Waals surface area contributed by atoms with Crippen LogP contribution in [0.4, 0.5) is 11.5 Å². The lowest BCUT2D eigenvalue weighted by Gasteiger charge is -2.11. The minimum atomic E-state index is -3.68. The normalized spacial score (nSPS) is 11.3. The molecule has 0 spiro atoms. The lowest BCUT2D eigenvalue weighted by molar-refractivity contribution is 0.601. The van der Waals surface area contributed by atoms with Crippen LogP contribution in [0.15, 0.2) is 35.4 Å². The highest BCUT2D eigenvalue weighted by Crippen LogP contribution is 2.23. The number of pyridine rings is 1. The minimum Gasteiger partial charge on any atom is -0.398 e. The highest BCUT2D eigenvalue weighted by molar-refractivity contribution is 7.92. The molecule has 2 aromatic rings. The standard InChI is InChI=1S/C14H17N3O2S/c1-9-4-5-14(16-8-9)17-20(18,19)12-6-10(2)11(3)13(15)7-12/h4-8H,15H2,1-3H3,(H,16,17). The molecule has 3 N–H and O–H groups in total. The number of nitrogens with one attached hydrogen (secondary N) is 1. The molecular formula is C14H17N3O2S. The average molecular weight is 291 g/mol. The lowest BCUT2D eigenvalue weighted by Crippen LogP contribution is -2.14. The summed E-state index contributed by atoms with van der Waals surface area (Å²) >= 11 is 0.